The van der Waals surface area contributed by atoms with Crippen LogP contribution in [-0.4, -0.2) is 36.0 Å². The van der Waals surface area contributed by atoms with E-state index in [1.54, 1.807) is 24.0 Å². The van der Waals surface area contributed by atoms with E-state index in [2.05, 4.69) is 0 Å². The third-order valence-corrected chi connectivity index (χ3v) is 3.56. The van der Waals surface area contributed by atoms with Gasteiger partial charge in [-0.2, -0.15) is 0 Å². The molecule has 1 fully saturated rings. The Morgan fingerprint density at radius 2 is 2.32 bits per heavy atom. The molecule has 2 N–H and O–H groups in total. The summed E-state index contributed by atoms with van der Waals surface area (Å²) in [6, 6.07) is 5.46. The van der Waals surface area contributed by atoms with Crippen molar-refractivity contribution in [2.24, 2.45) is 5.73 Å². The molecule has 2 rings (SSSR count). The maximum atomic E-state index is 12.2. The summed E-state index contributed by atoms with van der Waals surface area (Å²) in [5.74, 6) is 0.677. The number of amides is 1. The number of hydrogen-bond acceptors (Lipinski definition) is 3. The molecular formula is C14H19ClN2O2. The highest BCUT2D eigenvalue weighted by Crippen LogP contribution is 2.23. The van der Waals surface area contributed by atoms with E-state index >= 15 is 0 Å². The summed E-state index contributed by atoms with van der Waals surface area (Å²) in [7, 11) is 0. The summed E-state index contributed by atoms with van der Waals surface area (Å²) in [5.41, 5.74) is 6.73. The highest BCUT2D eigenvalue weighted by atomic mass is 35.5. The van der Waals surface area contributed by atoms with Crippen LogP contribution in [0.25, 0.3) is 0 Å². The molecule has 1 aromatic carbocycles. The molecule has 0 saturated carbocycles. The monoisotopic (exact) mass is 282 g/mol. The van der Waals surface area contributed by atoms with E-state index in [0.717, 1.165) is 12.0 Å². The second-order valence-electron chi connectivity index (χ2n) is 5.00. The summed E-state index contributed by atoms with van der Waals surface area (Å²) in [5, 5.41) is 0.661. The lowest BCUT2D eigenvalue weighted by Gasteiger charge is -2.22. The van der Waals surface area contributed by atoms with Gasteiger partial charge in [-0.25, -0.2) is 0 Å². The molecule has 1 aromatic rings. The van der Waals surface area contributed by atoms with Crippen LogP contribution in [-0.2, 0) is 4.79 Å². The Hall–Kier alpha value is -1.26. The average molecular weight is 283 g/mol. The number of likely N-dealkylation sites (tertiary alicyclic amines) is 1. The molecule has 1 heterocycles. The van der Waals surface area contributed by atoms with E-state index in [0.29, 0.717) is 23.9 Å². The summed E-state index contributed by atoms with van der Waals surface area (Å²) in [4.78, 5) is 14.0. The van der Waals surface area contributed by atoms with Gasteiger partial charge in [0.05, 0.1) is 0 Å². The number of benzene rings is 1. The fourth-order valence-electron chi connectivity index (χ4n) is 2.23. The zero-order chi connectivity index (χ0) is 14.0. The largest absolute Gasteiger partial charge is 0.481 e. The van der Waals surface area contributed by atoms with Crippen LogP contribution in [0.1, 0.15) is 18.9 Å². The number of carbonyl (C=O) groups is 1. The van der Waals surface area contributed by atoms with Gasteiger partial charge in [-0.15, -0.1) is 0 Å². The molecule has 1 aliphatic heterocycles. The standard InChI is InChI=1S/C14H19ClN2O2/c1-9-7-11(15)3-4-13(9)19-10(2)14(18)17-6-5-12(16)8-17/h3-4,7,10,12H,5-6,8,16H2,1-2H3/t10-,12-/m0/s1. The maximum Gasteiger partial charge on any atom is 0.263 e. The van der Waals surface area contributed by atoms with Gasteiger partial charge in [0.15, 0.2) is 6.10 Å². The smallest absolute Gasteiger partial charge is 0.263 e. The van der Waals surface area contributed by atoms with Crippen molar-refractivity contribution in [3.63, 3.8) is 0 Å². The molecule has 2 atom stereocenters. The summed E-state index contributed by atoms with van der Waals surface area (Å²) >= 11 is 5.89. The highest BCUT2D eigenvalue weighted by molar-refractivity contribution is 6.30. The quantitative estimate of drug-likeness (QED) is 0.922. The lowest BCUT2D eigenvalue weighted by Crippen LogP contribution is -2.40. The summed E-state index contributed by atoms with van der Waals surface area (Å²) in [6.45, 7) is 5.00. The van der Waals surface area contributed by atoms with E-state index in [-0.39, 0.29) is 11.9 Å². The van der Waals surface area contributed by atoms with Gasteiger partial charge in [-0.1, -0.05) is 11.6 Å². The first-order valence-electron chi connectivity index (χ1n) is 6.44. The van der Waals surface area contributed by atoms with Crippen LogP contribution in [0.5, 0.6) is 5.75 Å². The van der Waals surface area contributed by atoms with E-state index in [1.165, 1.54) is 0 Å². The molecule has 0 unspecified atom stereocenters. The minimum atomic E-state index is -0.509. The van der Waals surface area contributed by atoms with Crippen molar-refractivity contribution >= 4 is 17.5 Å². The molecule has 0 aliphatic carbocycles. The molecular weight excluding hydrogens is 264 g/mol. The van der Waals surface area contributed by atoms with Crippen molar-refractivity contribution < 1.29 is 9.53 Å². The van der Waals surface area contributed by atoms with Crippen molar-refractivity contribution in [3.8, 4) is 5.75 Å². The number of hydrogen-bond donors (Lipinski definition) is 1. The molecule has 0 bridgehead atoms. The molecule has 5 heteroatoms. The van der Waals surface area contributed by atoms with Crippen LogP contribution in [0.3, 0.4) is 0 Å². The Bertz CT molecular complexity index is 479. The van der Waals surface area contributed by atoms with Crippen LogP contribution in [0.15, 0.2) is 18.2 Å². The first-order chi connectivity index (χ1) is 8.97. The summed E-state index contributed by atoms with van der Waals surface area (Å²) in [6.07, 6.45) is 0.350. The summed E-state index contributed by atoms with van der Waals surface area (Å²) < 4.78 is 5.72. The number of aryl methyl sites for hydroxylation is 1. The number of rotatable bonds is 3. The van der Waals surface area contributed by atoms with Gasteiger partial charge in [-0.3, -0.25) is 4.79 Å². The highest BCUT2D eigenvalue weighted by Gasteiger charge is 2.28. The molecule has 19 heavy (non-hydrogen) atoms. The number of ether oxygens (including phenoxy) is 1. The lowest BCUT2D eigenvalue weighted by atomic mass is 10.2. The molecule has 104 valence electrons. The Balaban J connectivity index is 2.00. The fraction of sp³-hybridized carbons (Fsp3) is 0.500. The number of nitrogens with zero attached hydrogens (tertiary/aromatic N) is 1. The molecule has 1 saturated heterocycles. The molecule has 0 spiro atoms. The van der Waals surface area contributed by atoms with Gasteiger partial charge in [0.25, 0.3) is 5.91 Å². The molecule has 0 aromatic heterocycles. The van der Waals surface area contributed by atoms with Crippen LogP contribution < -0.4 is 10.5 Å². The van der Waals surface area contributed by atoms with Crippen molar-refractivity contribution in [2.75, 3.05) is 13.1 Å². The predicted octanol–water partition coefficient (Wildman–Crippen LogP) is 1.98. The van der Waals surface area contributed by atoms with Crippen LogP contribution in [0.4, 0.5) is 0 Å². The van der Waals surface area contributed by atoms with Gasteiger partial charge in [0.2, 0.25) is 0 Å². The van der Waals surface area contributed by atoms with Gasteiger partial charge in [0, 0.05) is 24.2 Å². The number of carbonyl (C=O) groups excluding carboxylic acids is 1. The Kier molecular flexibility index (Phi) is 4.32. The molecule has 1 amide bonds. The zero-order valence-electron chi connectivity index (χ0n) is 11.2. The first-order valence-corrected chi connectivity index (χ1v) is 6.82. The van der Waals surface area contributed by atoms with Crippen molar-refractivity contribution in [3.05, 3.63) is 28.8 Å². The first kappa shape index (κ1) is 14.2. The van der Waals surface area contributed by atoms with E-state index in [1.807, 2.05) is 13.0 Å². The zero-order valence-corrected chi connectivity index (χ0v) is 12.0. The number of halogens is 1. The molecule has 4 nitrogen and oxygen atoms in total. The molecule has 0 radical (unpaired) electrons. The fourth-order valence-corrected chi connectivity index (χ4v) is 2.46. The van der Waals surface area contributed by atoms with Crippen LogP contribution >= 0.6 is 11.6 Å². The van der Waals surface area contributed by atoms with Crippen LogP contribution in [0, 0.1) is 6.92 Å². The van der Waals surface area contributed by atoms with Crippen LogP contribution in [0.2, 0.25) is 5.02 Å². The van der Waals surface area contributed by atoms with E-state index in [9.17, 15) is 4.79 Å². The minimum Gasteiger partial charge on any atom is -0.481 e. The predicted molar refractivity (Wildman–Crippen MR) is 75.5 cm³/mol. The Labute approximate surface area is 118 Å². The van der Waals surface area contributed by atoms with Gasteiger partial charge < -0.3 is 15.4 Å². The van der Waals surface area contributed by atoms with Gasteiger partial charge >= 0.3 is 0 Å². The average Bonchev–Trinajstić information content (AvgIpc) is 2.78. The van der Waals surface area contributed by atoms with Crippen molar-refractivity contribution in [1.29, 1.82) is 0 Å². The Morgan fingerprint density at radius 3 is 2.89 bits per heavy atom. The maximum absolute atomic E-state index is 12.2. The minimum absolute atomic E-state index is 0.0118. The lowest BCUT2D eigenvalue weighted by molar-refractivity contribution is -0.136. The van der Waals surface area contributed by atoms with E-state index < -0.39 is 6.10 Å². The topological polar surface area (TPSA) is 55.6 Å². The van der Waals surface area contributed by atoms with Gasteiger partial charge in [0.1, 0.15) is 5.75 Å². The second kappa shape index (κ2) is 5.80. The van der Waals surface area contributed by atoms with Crippen molar-refractivity contribution in [1.82, 2.24) is 4.90 Å². The van der Waals surface area contributed by atoms with Gasteiger partial charge in [-0.05, 0) is 44.0 Å². The second-order valence-corrected chi connectivity index (χ2v) is 5.44. The number of nitrogens with two attached hydrogens (primary N) is 1. The third kappa shape index (κ3) is 3.39. The molecule has 1 aliphatic rings. The third-order valence-electron chi connectivity index (χ3n) is 3.32. The van der Waals surface area contributed by atoms with E-state index in [4.69, 9.17) is 22.1 Å². The normalized spacial score (nSPS) is 20.4. The van der Waals surface area contributed by atoms with Crippen molar-refractivity contribution in [2.45, 2.75) is 32.4 Å². The Morgan fingerprint density at radius 1 is 1.58 bits per heavy atom. The SMILES string of the molecule is Cc1cc(Cl)ccc1O[C@@H](C)C(=O)N1CC[C@H](N)C1.